The lowest BCUT2D eigenvalue weighted by atomic mass is 10.1. The molecule has 2 aliphatic rings. The third-order valence-corrected chi connectivity index (χ3v) is 4.89. The molecule has 0 saturated carbocycles. The minimum Gasteiger partial charge on any atom is -0.381 e. The van der Waals surface area contributed by atoms with Gasteiger partial charge in [0, 0.05) is 44.6 Å². The molecule has 0 spiro atoms. The van der Waals surface area contributed by atoms with Gasteiger partial charge < -0.3 is 20.4 Å². The molecule has 0 bridgehead atoms. The summed E-state index contributed by atoms with van der Waals surface area (Å²) in [4.78, 5) is 44.4. The molecule has 0 aromatic carbocycles. The number of nitrogens with one attached hydrogen (secondary N) is 3. The van der Waals surface area contributed by atoms with Crippen LogP contribution in [0.2, 0.25) is 0 Å². The van der Waals surface area contributed by atoms with Crippen molar-refractivity contribution in [1.29, 1.82) is 0 Å². The van der Waals surface area contributed by atoms with E-state index in [1.807, 2.05) is 6.92 Å². The Balaban J connectivity index is 1.68. The second kappa shape index (κ2) is 8.41. The predicted molar refractivity (Wildman–Crippen MR) is 93.7 cm³/mol. The third-order valence-electron chi connectivity index (χ3n) is 4.89. The average molecular weight is 363 g/mol. The molecule has 3 heterocycles. The van der Waals surface area contributed by atoms with Gasteiger partial charge in [-0.25, -0.2) is 4.98 Å². The summed E-state index contributed by atoms with van der Waals surface area (Å²) in [6, 6.07) is -0.122. The van der Waals surface area contributed by atoms with E-state index >= 15 is 0 Å². The van der Waals surface area contributed by atoms with Gasteiger partial charge in [0.15, 0.2) is 0 Å². The smallest absolute Gasteiger partial charge is 0.271 e. The maximum Gasteiger partial charge on any atom is 0.271 e. The van der Waals surface area contributed by atoms with Crippen molar-refractivity contribution in [1.82, 2.24) is 25.5 Å². The van der Waals surface area contributed by atoms with Gasteiger partial charge in [-0.1, -0.05) is 0 Å². The van der Waals surface area contributed by atoms with Crippen LogP contribution in [0.4, 0.5) is 0 Å². The number of likely N-dealkylation sites (N-methyl/N-ethyl adjacent to an activating group) is 1. The largest absolute Gasteiger partial charge is 0.381 e. The van der Waals surface area contributed by atoms with Gasteiger partial charge in [-0.05, 0) is 26.2 Å². The summed E-state index contributed by atoms with van der Waals surface area (Å²) in [7, 11) is 0. The first-order chi connectivity index (χ1) is 12.6. The van der Waals surface area contributed by atoms with Crippen molar-refractivity contribution in [2.75, 3.05) is 26.3 Å². The molecule has 0 unspecified atom stereocenters. The summed E-state index contributed by atoms with van der Waals surface area (Å²) < 4.78 is 5.43. The van der Waals surface area contributed by atoms with E-state index in [9.17, 15) is 14.4 Å². The monoisotopic (exact) mass is 363 g/mol. The van der Waals surface area contributed by atoms with E-state index in [2.05, 4.69) is 25.5 Å². The Bertz CT molecular complexity index is 680. The molecular weight excluding hydrogens is 338 g/mol. The molecule has 2 atom stereocenters. The van der Waals surface area contributed by atoms with Gasteiger partial charge in [0.05, 0.1) is 12.2 Å². The van der Waals surface area contributed by atoms with Crippen LogP contribution in [0.15, 0.2) is 17.2 Å². The van der Waals surface area contributed by atoms with Crippen molar-refractivity contribution in [2.45, 2.75) is 44.3 Å². The zero-order valence-electron chi connectivity index (χ0n) is 14.9. The first-order valence-corrected chi connectivity index (χ1v) is 9.05. The van der Waals surface area contributed by atoms with Gasteiger partial charge in [-0.2, -0.15) is 0 Å². The Labute approximate surface area is 151 Å². The lowest BCUT2D eigenvalue weighted by Crippen LogP contribution is -2.49. The summed E-state index contributed by atoms with van der Waals surface area (Å²) in [5, 5.41) is 5.83. The van der Waals surface area contributed by atoms with Crippen molar-refractivity contribution < 1.29 is 14.3 Å². The van der Waals surface area contributed by atoms with Crippen LogP contribution >= 0.6 is 0 Å². The number of aromatic amines is 1. The Morgan fingerprint density at radius 2 is 2.15 bits per heavy atom. The van der Waals surface area contributed by atoms with E-state index in [-0.39, 0.29) is 41.2 Å². The number of H-pyrrole nitrogens is 1. The molecule has 0 aliphatic carbocycles. The second-order valence-corrected chi connectivity index (χ2v) is 6.65. The van der Waals surface area contributed by atoms with Crippen LogP contribution in [0.5, 0.6) is 0 Å². The number of likely N-dealkylation sites (tertiary alicyclic amines) is 1. The zero-order chi connectivity index (χ0) is 18.5. The Kier molecular flexibility index (Phi) is 6.00. The Hall–Kier alpha value is -2.26. The average Bonchev–Trinajstić information content (AvgIpc) is 3.07. The molecule has 3 rings (SSSR count). The molecule has 1 aromatic rings. The number of hydrogen-bond acceptors (Lipinski definition) is 6. The fourth-order valence-electron chi connectivity index (χ4n) is 3.66. The molecule has 9 nitrogen and oxygen atoms in total. The fraction of sp³-hybridized carbons (Fsp3) is 0.647. The van der Waals surface area contributed by atoms with Crippen LogP contribution in [-0.4, -0.2) is 71.1 Å². The number of amides is 2. The fourth-order valence-corrected chi connectivity index (χ4v) is 3.66. The zero-order valence-corrected chi connectivity index (χ0v) is 14.9. The van der Waals surface area contributed by atoms with Gasteiger partial charge in [-0.3, -0.25) is 19.3 Å². The van der Waals surface area contributed by atoms with Crippen LogP contribution in [0.1, 0.15) is 36.7 Å². The van der Waals surface area contributed by atoms with E-state index < -0.39 is 0 Å². The number of ether oxygens (including phenoxy) is 1. The Morgan fingerprint density at radius 3 is 2.81 bits per heavy atom. The quantitative estimate of drug-likeness (QED) is 0.634. The number of carbonyl (C=O) groups excluding carboxylic acids is 2. The van der Waals surface area contributed by atoms with Gasteiger partial charge in [0.25, 0.3) is 11.5 Å². The van der Waals surface area contributed by atoms with E-state index in [0.29, 0.717) is 32.7 Å². The molecular formula is C17H25N5O4. The van der Waals surface area contributed by atoms with Crippen molar-refractivity contribution in [3.63, 3.8) is 0 Å². The Morgan fingerprint density at radius 1 is 1.38 bits per heavy atom. The first kappa shape index (κ1) is 18.5. The summed E-state index contributed by atoms with van der Waals surface area (Å²) in [6.45, 7) is 4.48. The molecule has 26 heavy (non-hydrogen) atoms. The van der Waals surface area contributed by atoms with E-state index in [1.54, 1.807) is 0 Å². The third kappa shape index (κ3) is 4.28. The highest BCUT2D eigenvalue weighted by Crippen LogP contribution is 2.26. The van der Waals surface area contributed by atoms with Crippen molar-refractivity contribution in [3.8, 4) is 0 Å². The molecule has 2 amide bonds. The highest BCUT2D eigenvalue weighted by Gasteiger charge is 2.41. The van der Waals surface area contributed by atoms with Gasteiger partial charge >= 0.3 is 0 Å². The lowest BCUT2D eigenvalue weighted by molar-refractivity contribution is -0.126. The summed E-state index contributed by atoms with van der Waals surface area (Å²) in [6.07, 6.45) is 4.70. The van der Waals surface area contributed by atoms with Crippen LogP contribution in [-0.2, 0) is 9.53 Å². The van der Waals surface area contributed by atoms with Crippen molar-refractivity contribution >= 4 is 11.8 Å². The van der Waals surface area contributed by atoms with Crippen molar-refractivity contribution in [2.24, 2.45) is 0 Å². The number of nitrogens with zero attached hydrogens (tertiary/aromatic N) is 2. The van der Waals surface area contributed by atoms with E-state index in [4.69, 9.17) is 4.74 Å². The number of aromatic nitrogens is 2. The molecule has 3 N–H and O–H groups in total. The maximum absolute atomic E-state index is 12.5. The highest BCUT2D eigenvalue weighted by atomic mass is 16.5. The predicted octanol–water partition coefficient (Wildman–Crippen LogP) is -0.742. The normalized spacial score (nSPS) is 24.3. The maximum atomic E-state index is 12.5. The highest BCUT2D eigenvalue weighted by molar-refractivity contribution is 5.92. The molecule has 142 valence electrons. The second-order valence-electron chi connectivity index (χ2n) is 6.65. The molecule has 2 aliphatic heterocycles. The van der Waals surface area contributed by atoms with Crippen LogP contribution in [0.25, 0.3) is 0 Å². The molecule has 0 radical (unpaired) electrons. The van der Waals surface area contributed by atoms with Crippen LogP contribution in [0, 0.1) is 0 Å². The van der Waals surface area contributed by atoms with Crippen LogP contribution in [0.3, 0.4) is 0 Å². The van der Waals surface area contributed by atoms with Crippen molar-refractivity contribution in [3.05, 3.63) is 28.4 Å². The summed E-state index contributed by atoms with van der Waals surface area (Å²) in [5.74, 6) is -0.354. The molecule has 2 fully saturated rings. The minimum atomic E-state index is -0.357. The number of hydrogen-bond donors (Lipinski definition) is 3. The number of rotatable bonds is 5. The summed E-state index contributed by atoms with van der Waals surface area (Å²) >= 11 is 0. The van der Waals surface area contributed by atoms with Gasteiger partial charge in [0.2, 0.25) is 5.91 Å². The SMILES string of the molecule is CCNC(=O)[C@@H]1C[C@H](NC(=O)c2c[nH]c(=O)cn2)CN1C1CCOCC1. The first-order valence-electron chi connectivity index (χ1n) is 9.05. The van der Waals surface area contributed by atoms with E-state index in [1.165, 1.54) is 6.20 Å². The minimum absolute atomic E-state index is 0.00194. The molecule has 2 saturated heterocycles. The summed E-state index contributed by atoms with van der Waals surface area (Å²) in [5.41, 5.74) is -0.201. The lowest BCUT2D eigenvalue weighted by Gasteiger charge is -2.34. The molecule has 1 aromatic heterocycles. The number of carbonyl (C=O) groups is 2. The molecule has 9 heteroatoms. The van der Waals surface area contributed by atoms with Gasteiger partial charge in [0.1, 0.15) is 5.69 Å². The van der Waals surface area contributed by atoms with Crippen LogP contribution < -0.4 is 16.2 Å². The van der Waals surface area contributed by atoms with E-state index in [0.717, 1.165) is 19.0 Å². The topological polar surface area (TPSA) is 116 Å². The van der Waals surface area contributed by atoms with Gasteiger partial charge in [-0.15, -0.1) is 0 Å². The standard InChI is InChI=1S/C17H25N5O4/c1-2-18-17(25)14-7-11(10-22(14)12-3-5-26-6-4-12)21-16(24)13-8-20-15(23)9-19-13/h8-9,11-12,14H,2-7,10H2,1H3,(H,18,25)(H,20,23)(H,21,24)/t11-,14-/m0/s1.